The van der Waals surface area contributed by atoms with Gasteiger partial charge in [0.25, 0.3) is 0 Å². The molecule has 0 heterocycles. The number of hydrogen-bond acceptors (Lipinski definition) is 4. The van der Waals surface area contributed by atoms with Crippen LogP contribution < -0.4 is 0 Å². The van der Waals surface area contributed by atoms with E-state index in [1.165, 1.54) is 24.6 Å². The van der Waals surface area contributed by atoms with Crippen LogP contribution in [0, 0.1) is 0 Å². The molecule has 4 nitrogen and oxygen atoms in total. The van der Waals surface area contributed by atoms with Crippen molar-refractivity contribution in [1.29, 1.82) is 0 Å². The fraction of sp³-hybridized carbons (Fsp3) is 0.125. The van der Waals surface area contributed by atoms with E-state index in [0.29, 0.717) is 9.79 Å². The Labute approximate surface area is 133 Å². The highest BCUT2D eigenvalue weighted by molar-refractivity contribution is 7.84. The van der Waals surface area contributed by atoms with E-state index in [-0.39, 0.29) is 11.1 Å². The van der Waals surface area contributed by atoms with Gasteiger partial charge in [0.15, 0.2) is 0 Å². The lowest BCUT2D eigenvalue weighted by atomic mass is 10.0. The number of carbonyl (C=O) groups excluding carboxylic acids is 2. The smallest absolute Gasteiger partial charge is 0.234 e. The Hall–Kier alpha value is -1.92. The fourth-order valence-electron chi connectivity index (χ4n) is 2.05. The highest BCUT2D eigenvalue weighted by Gasteiger charge is 2.24. The van der Waals surface area contributed by atoms with Crippen LogP contribution >= 0.6 is 0 Å². The number of rotatable bonds is 5. The summed E-state index contributed by atoms with van der Waals surface area (Å²) in [4.78, 5) is 25.6. The molecule has 2 atom stereocenters. The molecule has 0 aliphatic carbocycles. The summed E-state index contributed by atoms with van der Waals surface area (Å²) in [6, 6.07) is 12.6. The Bertz CT molecular complexity index is 729. The van der Waals surface area contributed by atoms with Gasteiger partial charge in [0.05, 0.1) is 21.6 Å². The normalized spacial score (nSPS) is 13.4. The number of ketones is 2. The lowest BCUT2D eigenvalue weighted by Crippen LogP contribution is -2.18. The number of benzene rings is 2. The van der Waals surface area contributed by atoms with Crippen molar-refractivity contribution in [3.8, 4) is 0 Å². The monoisotopic (exact) mass is 334 g/mol. The maximum atomic E-state index is 12.5. The molecule has 0 aromatic heterocycles. The molecule has 0 aliphatic rings. The molecule has 2 aromatic carbocycles. The Kier molecular flexibility index (Phi) is 5.15. The first-order chi connectivity index (χ1) is 10.4. The van der Waals surface area contributed by atoms with Crippen LogP contribution in [0.25, 0.3) is 0 Å². The van der Waals surface area contributed by atoms with Gasteiger partial charge in [-0.3, -0.25) is 18.0 Å². The molecule has 0 N–H and O–H groups in total. The van der Waals surface area contributed by atoms with Gasteiger partial charge in [0.1, 0.15) is 0 Å². The molecule has 0 amide bonds. The van der Waals surface area contributed by atoms with Crippen LogP contribution in [-0.2, 0) is 21.6 Å². The third-order valence-electron chi connectivity index (χ3n) is 3.09. The molecule has 2 rings (SSSR count). The number of Topliss-reactive ketones (excluding diaryl/α,β-unsaturated/α-hetero) is 2. The van der Waals surface area contributed by atoms with E-state index < -0.39 is 33.2 Å². The summed E-state index contributed by atoms with van der Waals surface area (Å²) in [6.07, 6.45) is 2.90. The highest BCUT2D eigenvalue weighted by Crippen LogP contribution is 2.19. The highest BCUT2D eigenvalue weighted by atomic mass is 32.2. The van der Waals surface area contributed by atoms with Gasteiger partial charge in [-0.15, -0.1) is 0 Å². The van der Waals surface area contributed by atoms with Crippen LogP contribution in [-0.4, -0.2) is 32.5 Å². The van der Waals surface area contributed by atoms with Crippen molar-refractivity contribution in [2.24, 2.45) is 0 Å². The average Bonchev–Trinajstić information content (AvgIpc) is 2.53. The molecule has 6 heteroatoms. The number of carbonyl (C=O) groups is 2. The van der Waals surface area contributed by atoms with Crippen molar-refractivity contribution >= 4 is 33.2 Å². The second kappa shape index (κ2) is 6.89. The molecular formula is C16H14O4S2. The van der Waals surface area contributed by atoms with Crippen LogP contribution in [0.15, 0.2) is 58.3 Å². The minimum Gasteiger partial charge on any atom is -0.285 e. The molecule has 114 valence electrons. The minimum atomic E-state index is -1.38. The fourth-order valence-corrected chi connectivity index (χ4v) is 3.54. The van der Waals surface area contributed by atoms with Crippen LogP contribution in [0.2, 0.25) is 0 Å². The molecule has 0 spiro atoms. The minimum absolute atomic E-state index is 0.116. The second-order valence-corrected chi connectivity index (χ2v) is 7.25. The first-order valence-corrected chi connectivity index (χ1v) is 9.49. The van der Waals surface area contributed by atoms with E-state index in [0.717, 1.165) is 0 Å². The van der Waals surface area contributed by atoms with Gasteiger partial charge in [-0.05, 0) is 24.3 Å². The van der Waals surface area contributed by atoms with Crippen LogP contribution in [0.3, 0.4) is 0 Å². The molecule has 0 saturated carbocycles. The molecule has 2 unspecified atom stereocenters. The van der Waals surface area contributed by atoms with Crippen molar-refractivity contribution in [2.45, 2.75) is 9.79 Å². The second-order valence-electron chi connectivity index (χ2n) is 4.56. The van der Waals surface area contributed by atoms with E-state index in [9.17, 15) is 18.0 Å². The van der Waals surface area contributed by atoms with E-state index in [4.69, 9.17) is 0 Å². The van der Waals surface area contributed by atoms with Gasteiger partial charge in [0, 0.05) is 33.4 Å². The standard InChI is InChI=1S/C16H14O4S2/c1-21(19)13-9-5-3-7-11(13)15(17)16(18)12-8-4-6-10-14(12)22(2)20/h3-10H,1-2H3. The summed E-state index contributed by atoms with van der Waals surface area (Å²) in [5, 5.41) is 0. The van der Waals surface area contributed by atoms with Crippen LogP contribution in [0.1, 0.15) is 20.7 Å². The molecular weight excluding hydrogens is 320 g/mol. The third-order valence-corrected chi connectivity index (χ3v) is 5.04. The Morgan fingerprint density at radius 3 is 1.32 bits per heavy atom. The Balaban J connectivity index is 2.50. The molecule has 0 bridgehead atoms. The first-order valence-electron chi connectivity index (χ1n) is 6.37. The van der Waals surface area contributed by atoms with Crippen molar-refractivity contribution in [2.75, 3.05) is 12.5 Å². The Morgan fingerprint density at radius 1 is 0.682 bits per heavy atom. The van der Waals surface area contributed by atoms with Crippen LogP contribution in [0.4, 0.5) is 0 Å². The van der Waals surface area contributed by atoms with Crippen molar-refractivity contribution < 1.29 is 18.0 Å². The zero-order valence-electron chi connectivity index (χ0n) is 12.1. The van der Waals surface area contributed by atoms with E-state index in [1.54, 1.807) is 36.4 Å². The van der Waals surface area contributed by atoms with Gasteiger partial charge >= 0.3 is 0 Å². The van der Waals surface area contributed by atoms with Gasteiger partial charge in [-0.25, -0.2) is 0 Å². The quantitative estimate of drug-likeness (QED) is 0.621. The molecule has 22 heavy (non-hydrogen) atoms. The summed E-state index contributed by atoms with van der Waals surface area (Å²) >= 11 is 0. The van der Waals surface area contributed by atoms with Gasteiger partial charge in [-0.2, -0.15) is 0 Å². The van der Waals surface area contributed by atoms with Crippen molar-refractivity contribution in [3.05, 3.63) is 59.7 Å². The summed E-state index contributed by atoms with van der Waals surface area (Å²) in [5.74, 6) is -1.49. The van der Waals surface area contributed by atoms with Gasteiger partial charge < -0.3 is 0 Å². The summed E-state index contributed by atoms with van der Waals surface area (Å²) < 4.78 is 23.4. The predicted molar refractivity (Wildman–Crippen MR) is 86.2 cm³/mol. The van der Waals surface area contributed by atoms with Crippen molar-refractivity contribution in [3.63, 3.8) is 0 Å². The molecule has 0 saturated heterocycles. The van der Waals surface area contributed by atoms with Crippen LogP contribution in [0.5, 0.6) is 0 Å². The van der Waals surface area contributed by atoms with E-state index in [1.807, 2.05) is 0 Å². The zero-order chi connectivity index (χ0) is 16.3. The summed E-state index contributed by atoms with van der Waals surface area (Å²) in [7, 11) is -2.76. The van der Waals surface area contributed by atoms with Crippen molar-refractivity contribution in [1.82, 2.24) is 0 Å². The molecule has 0 radical (unpaired) electrons. The van der Waals surface area contributed by atoms with Gasteiger partial charge in [0.2, 0.25) is 11.6 Å². The average molecular weight is 334 g/mol. The Morgan fingerprint density at radius 2 is 1.00 bits per heavy atom. The first kappa shape index (κ1) is 16.5. The third kappa shape index (κ3) is 3.28. The summed E-state index contributed by atoms with van der Waals surface area (Å²) in [6.45, 7) is 0. The predicted octanol–water partition coefficient (Wildman–Crippen LogP) is 2.23. The molecule has 0 aliphatic heterocycles. The van der Waals surface area contributed by atoms with E-state index >= 15 is 0 Å². The molecule has 0 fully saturated rings. The largest absolute Gasteiger partial charge is 0.285 e. The zero-order valence-corrected chi connectivity index (χ0v) is 13.7. The number of hydrogen-bond donors (Lipinski definition) is 0. The topological polar surface area (TPSA) is 68.3 Å². The lowest BCUT2D eigenvalue weighted by Gasteiger charge is -2.08. The molecule has 2 aromatic rings. The summed E-state index contributed by atoms with van der Waals surface area (Å²) in [5.41, 5.74) is 0.232. The maximum Gasteiger partial charge on any atom is 0.234 e. The van der Waals surface area contributed by atoms with E-state index in [2.05, 4.69) is 0 Å². The SMILES string of the molecule is CS(=O)c1ccccc1C(=O)C(=O)c1ccccc1S(C)=O. The maximum absolute atomic E-state index is 12.5. The van der Waals surface area contributed by atoms with Gasteiger partial charge in [-0.1, -0.05) is 24.3 Å². The lowest BCUT2D eigenvalue weighted by molar-refractivity contribution is 0.0813.